The zero-order chi connectivity index (χ0) is 13.2. The molecule has 0 atom stereocenters. The summed E-state index contributed by atoms with van der Waals surface area (Å²) in [6, 6.07) is 3.53. The van der Waals surface area contributed by atoms with Crippen LogP contribution in [-0.4, -0.2) is 31.2 Å². The summed E-state index contributed by atoms with van der Waals surface area (Å²) in [5.41, 5.74) is -0.0524. The van der Waals surface area contributed by atoms with Crippen molar-refractivity contribution < 1.29 is 0 Å². The molecule has 0 radical (unpaired) electrons. The molecular formula is C11H16ClN5O. The lowest BCUT2D eigenvalue weighted by Crippen LogP contribution is -2.39. The van der Waals surface area contributed by atoms with E-state index in [9.17, 15) is 4.79 Å². The minimum absolute atomic E-state index is 0.199. The Morgan fingerprint density at radius 3 is 2.78 bits per heavy atom. The fourth-order valence-corrected chi connectivity index (χ4v) is 2.24. The van der Waals surface area contributed by atoms with Gasteiger partial charge in [0.25, 0.3) is 0 Å². The normalized spacial score (nSPS) is 11.9. The Morgan fingerprint density at radius 1 is 1.44 bits per heavy atom. The second-order valence-corrected chi connectivity index (χ2v) is 4.53. The highest BCUT2D eigenvalue weighted by Crippen LogP contribution is 2.22. The molecule has 0 unspecified atom stereocenters. The molecule has 2 N–H and O–H groups in total. The number of aromatic amines is 1. The largest absolute Gasteiger partial charge is 0.364 e. The standard InChI is InChI=1S/C11H16ClN5O/c1-3-11(4-2,7-12)13-8-5-6-9-14-15-10(18)17(9)16-8/h5-6H,3-4,7H2,1-2H3,(H,13,16)(H,15,18). The van der Waals surface area contributed by atoms with Crippen LogP contribution in [0, 0.1) is 0 Å². The number of anilines is 1. The number of halogens is 1. The van der Waals surface area contributed by atoms with Crippen LogP contribution in [0.25, 0.3) is 5.65 Å². The predicted octanol–water partition coefficient (Wildman–Crippen LogP) is 1.63. The van der Waals surface area contributed by atoms with Crippen LogP contribution >= 0.6 is 11.6 Å². The molecule has 0 aliphatic rings. The van der Waals surface area contributed by atoms with Crippen LogP contribution < -0.4 is 11.0 Å². The van der Waals surface area contributed by atoms with E-state index in [4.69, 9.17) is 11.6 Å². The van der Waals surface area contributed by atoms with Crippen molar-refractivity contribution in [1.29, 1.82) is 0 Å². The minimum Gasteiger partial charge on any atom is -0.362 e. The van der Waals surface area contributed by atoms with Crippen molar-refractivity contribution in [2.75, 3.05) is 11.2 Å². The van der Waals surface area contributed by atoms with Crippen LogP contribution in [0.4, 0.5) is 5.82 Å². The number of hydrogen-bond acceptors (Lipinski definition) is 4. The summed E-state index contributed by atoms with van der Waals surface area (Å²) in [6.45, 7) is 4.14. The summed E-state index contributed by atoms with van der Waals surface area (Å²) < 4.78 is 1.23. The number of H-pyrrole nitrogens is 1. The molecule has 0 saturated carbocycles. The summed E-state index contributed by atoms with van der Waals surface area (Å²) in [4.78, 5) is 11.4. The first-order valence-electron chi connectivity index (χ1n) is 5.92. The van der Waals surface area contributed by atoms with E-state index in [-0.39, 0.29) is 11.2 Å². The van der Waals surface area contributed by atoms with Gasteiger partial charge in [-0.1, -0.05) is 13.8 Å². The summed E-state index contributed by atoms with van der Waals surface area (Å²) in [7, 11) is 0. The number of rotatable bonds is 5. The van der Waals surface area contributed by atoms with Crippen LogP contribution in [-0.2, 0) is 0 Å². The van der Waals surface area contributed by atoms with Gasteiger partial charge in [-0.05, 0) is 25.0 Å². The van der Waals surface area contributed by atoms with Gasteiger partial charge in [0.15, 0.2) is 5.65 Å². The molecule has 0 fully saturated rings. The van der Waals surface area contributed by atoms with Gasteiger partial charge in [-0.2, -0.15) is 9.61 Å². The SMILES string of the molecule is CCC(CC)(CCl)Nc1ccc2n[nH]c(=O)n2n1. The van der Waals surface area contributed by atoms with E-state index in [2.05, 4.69) is 34.5 Å². The third-order valence-electron chi connectivity index (χ3n) is 3.28. The maximum atomic E-state index is 11.4. The molecule has 0 spiro atoms. The summed E-state index contributed by atoms with van der Waals surface area (Å²) in [5, 5.41) is 13.7. The Morgan fingerprint density at radius 2 is 2.17 bits per heavy atom. The average Bonchev–Trinajstić information content (AvgIpc) is 2.78. The van der Waals surface area contributed by atoms with Crippen molar-refractivity contribution in [3.63, 3.8) is 0 Å². The molecule has 0 aromatic carbocycles. The zero-order valence-electron chi connectivity index (χ0n) is 10.4. The lowest BCUT2D eigenvalue weighted by Gasteiger charge is -2.31. The van der Waals surface area contributed by atoms with Gasteiger partial charge in [0, 0.05) is 5.88 Å². The quantitative estimate of drug-likeness (QED) is 0.809. The van der Waals surface area contributed by atoms with Gasteiger partial charge >= 0.3 is 5.69 Å². The van der Waals surface area contributed by atoms with Crippen molar-refractivity contribution in [2.24, 2.45) is 0 Å². The molecule has 0 saturated heterocycles. The number of hydrogen-bond donors (Lipinski definition) is 2. The Balaban J connectivity index is 2.36. The number of fused-ring (bicyclic) bond motifs is 1. The van der Waals surface area contributed by atoms with Crippen molar-refractivity contribution in [2.45, 2.75) is 32.2 Å². The summed E-state index contributed by atoms with van der Waals surface area (Å²) in [5.74, 6) is 1.11. The monoisotopic (exact) mass is 269 g/mol. The number of nitrogens with one attached hydrogen (secondary N) is 2. The fourth-order valence-electron chi connectivity index (χ4n) is 1.79. The Kier molecular flexibility index (Phi) is 3.56. The highest BCUT2D eigenvalue weighted by molar-refractivity contribution is 6.18. The number of aromatic nitrogens is 4. The first-order chi connectivity index (χ1) is 8.64. The molecule has 18 heavy (non-hydrogen) atoms. The van der Waals surface area contributed by atoms with E-state index < -0.39 is 0 Å². The maximum Gasteiger partial charge on any atom is 0.364 e. The lowest BCUT2D eigenvalue weighted by molar-refractivity contribution is 0.481. The van der Waals surface area contributed by atoms with E-state index >= 15 is 0 Å². The molecular weight excluding hydrogens is 254 g/mol. The topological polar surface area (TPSA) is 75.1 Å². The lowest BCUT2D eigenvalue weighted by atomic mass is 9.95. The van der Waals surface area contributed by atoms with E-state index in [1.54, 1.807) is 12.1 Å². The Hall–Kier alpha value is -1.56. The van der Waals surface area contributed by atoms with Gasteiger partial charge in [-0.25, -0.2) is 9.89 Å². The van der Waals surface area contributed by atoms with E-state index in [0.717, 1.165) is 12.8 Å². The number of alkyl halides is 1. The molecule has 0 aliphatic heterocycles. The Labute approximate surface area is 109 Å². The molecule has 98 valence electrons. The average molecular weight is 270 g/mol. The molecule has 0 amide bonds. The fraction of sp³-hybridized carbons (Fsp3) is 0.545. The highest BCUT2D eigenvalue weighted by Gasteiger charge is 2.25. The van der Waals surface area contributed by atoms with E-state index in [1.807, 2.05) is 0 Å². The van der Waals surface area contributed by atoms with Gasteiger partial charge in [0.1, 0.15) is 5.82 Å². The van der Waals surface area contributed by atoms with Crippen molar-refractivity contribution in [3.8, 4) is 0 Å². The van der Waals surface area contributed by atoms with Crippen LogP contribution in [0.3, 0.4) is 0 Å². The van der Waals surface area contributed by atoms with Crippen molar-refractivity contribution in [1.82, 2.24) is 19.8 Å². The van der Waals surface area contributed by atoms with Gasteiger partial charge in [0.2, 0.25) is 0 Å². The molecule has 0 aliphatic carbocycles. The second-order valence-electron chi connectivity index (χ2n) is 4.26. The van der Waals surface area contributed by atoms with Gasteiger partial charge < -0.3 is 5.32 Å². The molecule has 2 heterocycles. The maximum absolute atomic E-state index is 11.4. The van der Waals surface area contributed by atoms with Crippen LogP contribution in [0.1, 0.15) is 26.7 Å². The van der Waals surface area contributed by atoms with Crippen LogP contribution in [0.2, 0.25) is 0 Å². The van der Waals surface area contributed by atoms with Crippen molar-refractivity contribution in [3.05, 3.63) is 22.6 Å². The Bertz CT molecular complexity index is 578. The molecule has 6 nitrogen and oxygen atoms in total. The zero-order valence-corrected chi connectivity index (χ0v) is 11.2. The summed E-state index contributed by atoms with van der Waals surface area (Å²) in [6.07, 6.45) is 1.76. The van der Waals surface area contributed by atoms with Gasteiger partial charge in [0.05, 0.1) is 5.54 Å². The van der Waals surface area contributed by atoms with Gasteiger partial charge in [-0.3, -0.25) is 0 Å². The third-order valence-corrected chi connectivity index (χ3v) is 3.79. The summed E-state index contributed by atoms with van der Waals surface area (Å²) >= 11 is 6.03. The van der Waals surface area contributed by atoms with Crippen LogP contribution in [0.15, 0.2) is 16.9 Å². The molecule has 0 bridgehead atoms. The minimum atomic E-state index is -0.349. The van der Waals surface area contributed by atoms with Gasteiger partial charge in [-0.15, -0.1) is 16.7 Å². The van der Waals surface area contributed by atoms with E-state index in [1.165, 1.54) is 4.52 Å². The molecule has 2 aromatic rings. The first-order valence-corrected chi connectivity index (χ1v) is 6.46. The molecule has 2 rings (SSSR count). The predicted molar refractivity (Wildman–Crippen MR) is 71.3 cm³/mol. The van der Waals surface area contributed by atoms with E-state index in [0.29, 0.717) is 17.3 Å². The second kappa shape index (κ2) is 4.97. The first kappa shape index (κ1) is 12.9. The smallest absolute Gasteiger partial charge is 0.362 e. The molecule has 7 heteroatoms. The third kappa shape index (κ3) is 2.20. The number of nitrogens with zero attached hydrogens (tertiary/aromatic N) is 3. The van der Waals surface area contributed by atoms with Crippen molar-refractivity contribution >= 4 is 23.1 Å². The molecule has 2 aromatic heterocycles. The highest BCUT2D eigenvalue weighted by atomic mass is 35.5. The van der Waals surface area contributed by atoms with Crippen LogP contribution in [0.5, 0.6) is 0 Å².